The molecule has 3 heteroatoms. The molecule has 0 spiro atoms. The molecule has 0 radical (unpaired) electrons. The smallest absolute Gasteiger partial charge is 0.328 e. The molecule has 0 saturated carbocycles. The summed E-state index contributed by atoms with van der Waals surface area (Å²) in [5.41, 5.74) is -0.206. The van der Waals surface area contributed by atoms with E-state index in [1.54, 1.807) is 0 Å². The van der Waals surface area contributed by atoms with E-state index in [9.17, 15) is 4.79 Å². The maximum absolute atomic E-state index is 9.98. The Hall–Kier alpha value is -0.830. The molecule has 0 saturated heterocycles. The summed E-state index contributed by atoms with van der Waals surface area (Å²) in [5, 5.41) is 8.20. The third-order valence-corrected chi connectivity index (χ3v) is 0.873. The Morgan fingerprint density at radius 1 is 1.55 bits per heavy atom. The summed E-state index contributed by atoms with van der Waals surface area (Å²) in [4.78, 5) is 9.98. The van der Waals surface area contributed by atoms with Gasteiger partial charge >= 0.3 is 5.97 Å². The van der Waals surface area contributed by atoms with E-state index in [0.717, 1.165) is 6.08 Å². The average molecular weight is 158 g/mol. The van der Waals surface area contributed by atoms with Crippen LogP contribution < -0.4 is 0 Å². The summed E-state index contributed by atoms with van der Waals surface area (Å²) in [6.45, 7) is 6.10. The van der Waals surface area contributed by atoms with Crippen molar-refractivity contribution in [3.8, 4) is 0 Å². The van der Waals surface area contributed by atoms with Crippen LogP contribution in [0.15, 0.2) is 12.2 Å². The molecule has 0 aromatic carbocycles. The topological polar surface area (TPSA) is 46.5 Å². The Kier molecular flexibility index (Phi) is 3.82. The fourth-order valence-corrected chi connectivity index (χ4v) is 0.447. The third kappa shape index (κ3) is 9.17. The number of carboxylic acids is 1. The van der Waals surface area contributed by atoms with E-state index in [2.05, 4.69) is 0 Å². The Balaban J connectivity index is 3.50. The van der Waals surface area contributed by atoms with Gasteiger partial charge < -0.3 is 9.84 Å². The summed E-state index contributed by atoms with van der Waals surface area (Å²) in [5.74, 6) is -0.942. The molecule has 0 aromatic heterocycles. The standard InChI is InChI=1S/C8H14O3/c1-8(2,3)11-6-4-5-7(9)10/h4-5H,6H2,1-3H3,(H,9,10). The van der Waals surface area contributed by atoms with Crippen LogP contribution in [0.1, 0.15) is 20.8 Å². The van der Waals surface area contributed by atoms with Crippen molar-refractivity contribution in [1.29, 1.82) is 0 Å². The first-order valence-electron chi connectivity index (χ1n) is 3.45. The van der Waals surface area contributed by atoms with E-state index in [0.29, 0.717) is 6.61 Å². The average Bonchev–Trinajstić information content (AvgIpc) is 1.78. The van der Waals surface area contributed by atoms with Crippen molar-refractivity contribution in [3.05, 3.63) is 12.2 Å². The fraction of sp³-hybridized carbons (Fsp3) is 0.625. The van der Waals surface area contributed by atoms with Crippen molar-refractivity contribution in [2.24, 2.45) is 0 Å². The van der Waals surface area contributed by atoms with E-state index in [1.165, 1.54) is 6.08 Å². The van der Waals surface area contributed by atoms with Crippen molar-refractivity contribution >= 4 is 5.97 Å². The van der Waals surface area contributed by atoms with E-state index in [4.69, 9.17) is 9.84 Å². The largest absolute Gasteiger partial charge is 0.478 e. The fourth-order valence-electron chi connectivity index (χ4n) is 0.447. The molecule has 0 aromatic rings. The lowest BCUT2D eigenvalue weighted by molar-refractivity contribution is -0.131. The lowest BCUT2D eigenvalue weighted by Crippen LogP contribution is -2.18. The molecule has 0 amide bonds. The zero-order valence-electron chi connectivity index (χ0n) is 7.13. The van der Waals surface area contributed by atoms with Crippen LogP contribution in [-0.2, 0) is 9.53 Å². The molecule has 3 nitrogen and oxygen atoms in total. The van der Waals surface area contributed by atoms with Crippen LogP contribution in [0.25, 0.3) is 0 Å². The Morgan fingerprint density at radius 2 is 2.09 bits per heavy atom. The van der Waals surface area contributed by atoms with Gasteiger partial charge in [0.1, 0.15) is 0 Å². The number of hydrogen-bond donors (Lipinski definition) is 1. The van der Waals surface area contributed by atoms with Gasteiger partial charge in [0.15, 0.2) is 0 Å². The number of aliphatic carboxylic acids is 1. The monoisotopic (exact) mass is 158 g/mol. The molecule has 0 heterocycles. The molecular weight excluding hydrogens is 144 g/mol. The number of rotatable bonds is 3. The van der Waals surface area contributed by atoms with Crippen molar-refractivity contribution < 1.29 is 14.6 Å². The van der Waals surface area contributed by atoms with Crippen molar-refractivity contribution in [1.82, 2.24) is 0 Å². The first-order chi connectivity index (χ1) is 4.92. The van der Waals surface area contributed by atoms with E-state index in [-0.39, 0.29) is 5.60 Å². The van der Waals surface area contributed by atoms with Crippen molar-refractivity contribution in [2.45, 2.75) is 26.4 Å². The summed E-state index contributed by atoms with van der Waals surface area (Å²) in [7, 11) is 0. The maximum Gasteiger partial charge on any atom is 0.328 e. The molecule has 0 aliphatic carbocycles. The van der Waals surface area contributed by atoms with Crippen molar-refractivity contribution in [3.63, 3.8) is 0 Å². The molecule has 1 N–H and O–H groups in total. The normalized spacial score (nSPS) is 12.3. The van der Waals surface area contributed by atoms with Crippen LogP contribution in [0.2, 0.25) is 0 Å². The van der Waals surface area contributed by atoms with E-state index < -0.39 is 5.97 Å². The summed E-state index contributed by atoms with van der Waals surface area (Å²) in [6, 6.07) is 0. The van der Waals surface area contributed by atoms with Gasteiger partial charge in [-0.25, -0.2) is 4.79 Å². The van der Waals surface area contributed by atoms with Gasteiger partial charge in [-0.1, -0.05) is 6.08 Å². The van der Waals surface area contributed by atoms with Crippen LogP contribution in [0.4, 0.5) is 0 Å². The van der Waals surface area contributed by atoms with Crippen molar-refractivity contribution in [2.75, 3.05) is 6.61 Å². The second-order valence-corrected chi connectivity index (χ2v) is 3.16. The maximum atomic E-state index is 9.98. The van der Waals surface area contributed by atoms with E-state index in [1.807, 2.05) is 20.8 Å². The van der Waals surface area contributed by atoms with Crippen LogP contribution in [0.5, 0.6) is 0 Å². The number of hydrogen-bond acceptors (Lipinski definition) is 2. The van der Waals surface area contributed by atoms with Crippen LogP contribution >= 0.6 is 0 Å². The third-order valence-electron chi connectivity index (χ3n) is 0.873. The molecule has 0 atom stereocenters. The lowest BCUT2D eigenvalue weighted by Gasteiger charge is -2.17. The number of ether oxygens (including phenoxy) is 1. The minimum Gasteiger partial charge on any atom is -0.478 e. The summed E-state index contributed by atoms with van der Waals surface area (Å²) < 4.78 is 5.23. The van der Waals surface area contributed by atoms with Gasteiger partial charge in [0, 0.05) is 6.08 Å². The van der Waals surface area contributed by atoms with Crippen LogP contribution in [-0.4, -0.2) is 23.3 Å². The van der Waals surface area contributed by atoms with Gasteiger partial charge in [-0.15, -0.1) is 0 Å². The Bertz CT molecular complexity index is 153. The lowest BCUT2D eigenvalue weighted by atomic mass is 10.2. The molecule has 0 aliphatic rings. The zero-order chi connectivity index (χ0) is 8.91. The SMILES string of the molecule is CC(C)(C)OCC=CC(=O)O. The summed E-state index contributed by atoms with van der Waals surface area (Å²) >= 11 is 0. The minimum absolute atomic E-state index is 0.206. The first kappa shape index (κ1) is 10.2. The van der Waals surface area contributed by atoms with Gasteiger partial charge in [0.2, 0.25) is 0 Å². The highest BCUT2D eigenvalue weighted by Crippen LogP contribution is 2.05. The van der Waals surface area contributed by atoms with Crippen LogP contribution in [0.3, 0.4) is 0 Å². The summed E-state index contributed by atoms with van der Waals surface area (Å²) in [6.07, 6.45) is 2.55. The van der Waals surface area contributed by atoms with Gasteiger partial charge in [0.25, 0.3) is 0 Å². The van der Waals surface area contributed by atoms with Gasteiger partial charge in [-0.05, 0) is 20.8 Å². The second kappa shape index (κ2) is 4.13. The van der Waals surface area contributed by atoms with E-state index >= 15 is 0 Å². The highest BCUT2D eigenvalue weighted by molar-refractivity contribution is 5.79. The minimum atomic E-state index is -0.942. The predicted molar refractivity (Wildman–Crippen MR) is 42.5 cm³/mol. The number of carbonyl (C=O) groups is 1. The molecule has 11 heavy (non-hydrogen) atoms. The molecule has 0 unspecified atom stereocenters. The quantitative estimate of drug-likeness (QED) is 0.632. The molecular formula is C8H14O3. The van der Waals surface area contributed by atoms with Gasteiger partial charge in [-0.2, -0.15) is 0 Å². The molecule has 0 bridgehead atoms. The highest BCUT2D eigenvalue weighted by atomic mass is 16.5. The molecule has 0 aliphatic heterocycles. The second-order valence-electron chi connectivity index (χ2n) is 3.16. The van der Waals surface area contributed by atoms with Gasteiger partial charge in [0.05, 0.1) is 12.2 Å². The molecule has 0 fully saturated rings. The first-order valence-corrected chi connectivity index (χ1v) is 3.45. The number of carboxylic acid groups (broad SMARTS) is 1. The van der Waals surface area contributed by atoms with Crippen LogP contribution in [0, 0.1) is 0 Å². The van der Waals surface area contributed by atoms with Gasteiger partial charge in [-0.3, -0.25) is 0 Å². The Labute approximate surface area is 66.7 Å². The predicted octanol–water partition coefficient (Wildman–Crippen LogP) is 1.44. The Morgan fingerprint density at radius 3 is 2.45 bits per heavy atom. The highest BCUT2D eigenvalue weighted by Gasteiger charge is 2.07. The molecule has 64 valence electrons. The zero-order valence-corrected chi connectivity index (χ0v) is 7.13. The molecule has 0 rings (SSSR count).